The second kappa shape index (κ2) is 8.12. The lowest BCUT2D eigenvalue weighted by Crippen LogP contribution is -2.35. The zero-order chi connectivity index (χ0) is 19.5. The Kier molecular flexibility index (Phi) is 5.41. The van der Waals surface area contributed by atoms with Gasteiger partial charge in [-0.15, -0.1) is 0 Å². The van der Waals surface area contributed by atoms with Crippen molar-refractivity contribution in [3.63, 3.8) is 0 Å². The van der Waals surface area contributed by atoms with E-state index in [1.54, 1.807) is 0 Å². The Balaban J connectivity index is 1.38. The van der Waals surface area contributed by atoms with Crippen LogP contribution in [0.4, 0.5) is 5.69 Å². The third kappa shape index (κ3) is 4.24. The van der Waals surface area contributed by atoms with Gasteiger partial charge in [0.2, 0.25) is 5.91 Å². The van der Waals surface area contributed by atoms with Gasteiger partial charge >= 0.3 is 0 Å². The van der Waals surface area contributed by atoms with E-state index in [0.29, 0.717) is 5.69 Å². The first-order chi connectivity index (χ1) is 13.6. The molecule has 2 heterocycles. The van der Waals surface area contributed by atoms with E-state index in [1.807, 2.05) is 32.0 Å². The molecule has 0 saturated carbocycles. The van der Waals surface area contributed by atoms with Crippen LogP contribution in [0.15, 0.2) is 40.9 Å². The van der Waals surface area contributed by atoms with Crippen LogP contribution in [0.2, 0.25) is 0 Å². The van der Waals surface area contributed by atoms with Crippen LogP contribution in [0.25, 0.3) is 11.0 Å². The lowest BCUT2D eigenvalue weighted by Gasteiger charge is -2.26. The van der Waals surface area contributed by atoms with Crippen LogP contribution in [0.1, 0.15) is 22.4 Å². The Labute approximate surface area is 164 Å². The summed E-state index contributed by atoms with van der Waals surface area (Å²) in [6.07, 6.45) is 0.187. The van der Waals surface area contributed by atoms with E-state index in [9.17, 15) is 4.79 Å². The van der Waals surface area contributed by atoms with Gasteiger partial charge < -0.3 is 14.6 Å². The van der Waals surface area contributed by atoms with Crippen LogP contribution in [-0.4, -0.2) is 42.3 Å². The average molecular weight is 379 g/mol. The molecule has 0 aliphatic carbocycles. The van der Waals surface area contributed by atoms with Gasteiger partial charge in [0.15, 0.2) is 5.58 Å². The first kappa shape index (κ1) is 18.7. The van der Waals surface area contributed by atoms with E-state index >= 15 is 0 Å². The Morgan fingerprint density at radius 3 is 2.64 bits per heavy atom. The number of carbonyl (C=O) groups is 1. The summed E-state index contributed by atoms with van der Waals surface area (Å²) in [5, 5.41) is 7.99. The summed E-state index contributed by atoms with van der Waals surface area (Å²) in [6, 6.07) is 12.0. The zero-order valence-electron chi connectivity index (χ0n) is 16.3. The number of hydrogen-bond acceptors (Lipinski definition) is 5. The molecule has 0 radical (unpaired) electrons. The third-order valence-corrected chi connectivity index (χ3v) is 5.06. The predicted octanol–water partition coefficient (Wildman–Crippen LogP) is 3.46. The third-order valence-electron chi connectivity index (χ3n) is 5.06. The van der Waals surface area contributed by atoms with Crippen molar-refractivity contribution in [3.05, 3.63) is 58.8 Å². The lowest BCUT2D eigenvalue weighted by atomic mass is 10.0. The van der Waals surface area contributed by atoms with Crippen molar-refractivity contribution in [2.75, 3.05) is 31.6 Å². The molecule has 6 nitrogen and oxygen atoms in total. The van der Waals surface area contributed by atoms with E-state index in [0.717, 1.165) is 60.6 Å². The quantitative estimate of drug-likeness (QED) is 0.735. The normalized spacial score (nSPS) is 15.1. The molecule has 1 N–H and O–H groups in total. The van der Waals surface area contributed by atoms with Crippen LogP contribution in [0.5, 0.6) is 0 Å². The summed E-state index contributed by atoms with van der Waals surface area (Å²) in [6.45, 7) is 8.45. The number of anilines is 1. The molecule has 3 aromatic rings. The number of benzene rings is 2. The average Bonchev–Trinajstić information content (AvgIpc) is 3.07. The van der Waals surface area contributed by atoms with Crippen LogP contribution in [0.3, 0.4) is 0 Å². The van der Waals surface area contributed by atoms with Crippen LogP contribution in [0, 0.1) is 13.8 Å². The molecule has 0 bridgehead atoms. The molecular weight excluding hydrogens is 354 g/mol. The van der Waals surface area contributed by atoms with Gasteiger partial charge in [0.05, 0.1) is 19.6 Å². The maximum absolute atomic E-state index is 12.5. The number of amides is 1. The summed E-state index contributed by atoms with van der Waals surface area (Å²) in [5.74, 6) is -0.101. The largest absolute Gasteiger partial charge is 0.379 e. The minimum atomic E-state index is -0.101. The number of fused-ring (bicyclic) bond motifs is 1. The SMILES string of the molecule is Cc1cc(C)c2c(CC(=O)Nc3ccc(CN4CCOCC4)cc3)noc2c1. The van der Waals surface area contributed by atoms with Gasteiger partial charge in [0, 0.05) is 30.7 Å². The molecule has 2 aromatic carbocycles. The molecule has 146 valence electrons. The summed E-state index contributed by atoms with van der Waals surface area (Å²) >= 11 is 0. The minimum absolute atomic E-state index is 0.101. The molecular formula is C22H25N3O3. The van der Waals surface area contributed by atoms with Crippen LogP contribution in [-0.2, 0) is 22.5 Å². The first-order valence-corrected chi connectivity index (χ1v) is 9.63. The lowest BCUT2D eigenvalue weighted by molar-refractivity contribution is -0.115. The van der Waals surface area contributed by atoms with Gasteiger partial charge in [-0.3, -0.25) is 9.69 Å². The first-order valence-electron chi connectivity index (χ1n) is 9.63. The van der Waals surface area contributed by atoms with Gasteiger partial charge in [-0.2, -0.15) is 0 Å². The number of nitrogens with one attached hydrogen (secondary N) is 1. The van der Waals surface area contributed by atoms with Gasteiger partial charge in [-0.1, -0.05) is 23.4 Å². The van der Waals surface area contributed by atoms with E-state index in [1.165, 1.54) is 5.56 Å². The van der Waals surface area contributed by atoms with Gasteiger partial charge in [-0.05, 0) is 48.7 Å². The number of ether oxygens (including phenoxy) is 1. The van der Waals surface area contributed by atoms with Crippen molar-refractivity contribution < 1.29 is 14.1 Å². The van der Waals surface area contributed by atoms with Crippen molar-refractivity contribution >= 4 is 22.6 Å². The molecule has 1 amide bonds. The van der Waals surface area contributed by atoms with E-state index in [-0.39, 0.29) is 12.3 Å². The van der Waals surface area contributed by atoms with Crippen LogP contribution < -0.4 is 5.32 Å². The second-order valence-electron chi connectivity index (χ2n) is 7.39. The van der Waals surface area contributed by atoms with E-state index in [4.69, 9.17) is 9.26 Å². The highest BCUT2D eigenvalue weighted by atomic mass is 16.5. The highest BCUT2D eigenvalue weighted by molar-refractivity contribution is 5.95. The molecule has 1 aliphatic heterocycles. The van der Waals surface area contributed by atoms with Crippen molar-refractivity contribution in [1.29, 1.82) is 0 Å². The Morgan fingerprint density at radius 2 is 1.89 bits per heavy atom. The van der Waals surface area contributed by atoms with Crippen LogP contribution >= 0.6 is 0 Å². The van der Waals surface area contributed by atoms with Gasteiger partial charge in [-0.25, -0.2) is 0 Å². The summed E-state index contributed by atoms with van der Waals surface area (Å²) < 4.78 is 10.8. The van der Waals surface area contributed by atoms with E-state index < -0.39 is 0 Å². The molecule has 0 atom stereocenters. The molecule has 1 aromatic heterocycles. The molecule has 0 spiro atoms. The Bertz CT molecular complexity index is 973. The molecule has 0 unspecified atom stereocenters. The van der Waals surface area contributed by atoms with Crippen molar-refractivity contribution in [2.24, 2.45) is 0 Å². The molecule has 6 heteroatoms. The second-order valence-corrected chi connectivity index (χ2v) is 7.39. The number of aryl methyl sites for hydroxylation is 2. The summed E-state index contributed by atoms with van der Waals surface area (Å²) in [4.78, 5) is 14.9. The Morgan fingerprint density at radius 1 is 1.14 bits per heavy atom. The molecule has 28 heavy (non-hydrogen) atoms. The number of hydrogen-bond donors (Lipinski definition) is 1. The maximum atomic E-state index is 12.5. The molecule has 1 saturated heterocycles. The smallest absolute Gasteiger partial charge is 0.230 e. The number of nitrogens with zero attached hydrogens (tertiary/aromatic N) is 2. The number of morpholine rings is 1. The van der Waals surface area contributed by atoms with Crippen molar-refractivity contribution in [3.8, 4) is 0 Å². The highest BCUT2D eigenvalue weighted by Crippen LogP contribution is 2.24. The fourth-order valence-corrected chi connectivity index (χ4v) is 3.71. The Hall–Kier alpha value is -2.70. The predicted molar refractivity (Wildman–Crippen MR) is 108 cm³/mol. The number of carbonyl (C=O) groups excluding carboxylic acids is 1. The monoisotopic (exact) mass is 379 g/mol. The summed E-state index contributed by atoms with van der Waals surface area (Å²) in [5.41, 5.74) is 5.62. The molecule has 1 fully saturated rings. The molecule has 4 rings (SSSR count). The molecule has 1 aliphatic rings. The fourth-order valence-electron chi connectivity index (χ4n) is 3.71. The number of aromatic nitrogens is 1. The number of rotatable bonds is 5. The fraction of sp³-hybridized carbons (Fsp3) is 0.364. The van der Waals surface area contributed by atoms with Gasteiger partial charge in [0.1, 0.15) is 5.69 Å². The standard InChI is InChI=1S/C22H25N3O3/c1-15-11-16(2)22-19(24-28-20(22)12-15)13-21(26)23-18-5-3-17(4-6-18)14-25-7-9-27-10-8-25/h3-6,11-12H,7-10,13-14H2,1-2H3,(H,23,26). The summed E-state index contributed by atoms with van der Waals surface area (Å²) in [7, 11) is 0. The zero-order valence-corrected chi connectivity index (χ0v) is 16.3. The maximum Gasteiger partial charge on any atom is 0.230 e. The van der Waals surface area contributed by atoms with Crippen molar-refractivity contribution in [1.82, 2.24) is 10.1 Å². The van der Waals surface area contributed by atoms with E-state index in [2.05, 4.69) is 33.6 Å². The van der Waals surface area contributed by atoms with Crippen molar-refractivity contribution in [2.45, 2.75) is 26.8 Å². The van der Waals surface area contributed by atoms with Gasteiger partial charge in [0.25, 0.3) is 0 Å². The highest BCUT2D eigenvalue weighted by Gasteiger charge is 2.15. The minimum Gasteiger partial charge on any atom is -0.379 e. The topological polar surface area (TPSA) is 67.6 Å².